The van der Waals surface area contributed by atoms with Gasteiger partial charge in [0.2, 0.25) is 5.91 Å². The van der Waals surface area contributed by atoms with Crippen LogP contribution in [0.1, 0.15) is 39.0 Å². The number of hydrogen-bond donors (Lipinski definition) is 1. The Morgan fingerprint density at radius 3 is 2.42 bits per heavy atom. The maximum Gasteiger partial charge on any atom is 0.310 e. The van der Waals surface area contributed by atoms with Crippen molar-refractivity contribution in [2.45, 2.75) is 45.1 Å². The molecule has 1 unspecified atom stereocenters. The highest BCUT2D eigenvalue weighted by Gasteiger charge is 2.44. The molecule has 0 aromatic heterocycles. The average Bonchev–Trinajstić information content (AvgIpc) is 2.78. The van der Waals surface area contributed by atoms with Gasteiger partial charge in [-0.25, -0.2) is 0 Å². The summed E-state index contributed by atoms with van der Waals surface area (Å²) < 4.78 is 0. The quantitative estimate of drug-likeness (QED) is 0.835. The third-order valence-electron chi connectivity index (χ3n) is 4.65. The van der Waals surface area contributed by atoms with Gasteiger partial charge in [0.05, 0.1) is 5.41 Å². The predicted molar refractivity (Wildman–Crippen MR) is 71.8 cm³/mol. The van der Waals surface area contributed by atoms with Crippen molar-refractivity contribution in [3.05, 3.63) is 0 Å². The van der Waals surface area contributed by atoms with Crippen LogP contribution in [0.4, 0.5) is 0 Å². The number of nitrogens with zero attached hydrogens (tertiary/aromatic N) is 2. The fraction of sp³-hybridized carbons (Fsp3) is 0.857. The van der Waals surface area contributed by atoms with Crippen molar-refractivity contribution < 1.29 is 14.7 Å². The highest BCUT2D eigenvalue weighted by atomic mass is 16.4. The summed E-state index contributed by atoms with van der Waals surface area (Å²) in [6, 6.07) is 0.179. The summed E-state index contributed by atoms with van der Waals surface area (Å²) in [4.78, 5) is 28.0. The zero-order chi connectivity index (χ0) is 14.0. The number of carboxylic acids is 1. The van der Waals surface area contributed by atoms with Crippen molar-refractivity contribution >= 4 is 11.9 Å². The van der Waals surface area contributed by atoms with Gasteiger partial charge in [-0.2, -0.15) is 0 Å². The molecule has 0 aromatic rings. The van der Waals surface area contributed by atoms with Gasteiger partial charge in [0.25, 0.3) is 0 Å². The van der Waals surface area contributed by atoms with E-state index in [4.69, 9.17) is 0 Å². The SMILES string of the molecule is CC1CN(C)CCN1C(=O)CC1(C(=O)O)CCCC1. The van der Waals surface area contributed by atoms with E-state index in [0.717, 1.165) is 25.9 Å². The van der Waals surface area contributed by atoms with Crippen molar-refractivity contribution in [2.75, 3.05) is 26.7 Å². The molecule has 108 valence electrons. The first-order chi connectivity index (χ1) is 8.94. The van der Waals surface area contributed by atoms with Gasteiger partial charge in [0.1, 0.15) is 0 Å². The average molecular weight is 268 g/mol. The van der Waals surface area contributed by atoms with E-state index in [1.54, 1.807) is 0 Å². The summed E-state index contributed by atoms with van der Waals surface area (Å²) in [5.41, 5.74) is -0.792. The van der Waals surface area contributed by atoms with E-state index in [2.05, 4.69) is 4.90 Å². The highest BCUT2D eigenvalue weighted by Crippen LogP contribution is 2.42. The molecule has 1 amide bonds. The van der Waals surface area contributed by atoms with Crippen LogP contribution >= 0.6 is 0 Å². The summed E-state index contributed by atoms with van der Waals surface area (Å²) in [5.74, 6) is -0.773. The van der Waals surface area contributed by atoms with Gasteiger partial charge in [0.15, 0.2) is 0 Å². The van der Waals surface area contributed by atoms with E-state index in [-0.39, 0.29) is 18.4 Å². The van der Waals surface area contributed by atoms with Crippen molar-refractivity contribution in [2.24, 2.45) is 5.41 Å². The number of aliphatic carboxylic acids is 1. The Morgan fingerprint density at radius 1 is 1.26 bits per heavy atom. The minimum absolute atomic E-state index is 0.0184. The predicted octanol–water partition coefficient (Wildman–Crippen LogP) is 1.18. The number of hydrogen-bond acceptors (Lipinski definition) is 3. The molecule has 19 heavy (non-hydrogen) atoms. The van der Waals surface area contributed by atoms with Crippen LogP contribution in [0.3, 0.4) is 0 Å². The smallest absolute Gasteiger partial charge is 0.310 e. The number of rotatable bonds is 3. The Labute approximate surface area is 114 Å². The molecule has 0 radical (unpaired) electrons. The second-order valence-electron chi connectivity index (χ2n) is 6.17. The zero-order valence-electron chi connectivity index (χ0n) is 11.9. The monoisotopic (exact) mass is 268 g/mol. The van der Waals surface area contributed by atoms with E-state index in [0.29, 0.717) is 19.4 Å². The fourth-order valence-electron chi connectivity index (χ4n) is 3.42. The van der Waals surface area contributed by atoms with Crippen molar-refractivity contribution in [3.8, 4) is 0 Å². The molecule has 2 rings (SSSR count). The first kappa shape index (κ1) is 14.3. The van der Waals surface area contributed by atoms with Gasteiger partial charge < -0.3 is 14.9 Å². The number of carboxylic acid groups (broad SMARTS) is 1. The Hall–Kier alpha value is -1.10. The number of carbonyl (C=O) groups is 2. The summed E-state index contributed by atoms with van der Waals surface area (Å²) in [7, 11) is 2.05. The van der Waals surface area contributed by atoms with Crippen LogP contribution in [-0.2, 0) is 9.59 Å². The molecule has 0 aromatic carbocycles. The normalized spacial score (nSPS) is 27.5. The fourth-order valence-corrected chi connectivity index (χ4v) is 3.42. The van der Waals surface area contributed by atoms with Gasteiger partial charge >= 0.3 is 5.97 Å². The van der Waals surface area contributed by atoms with E-state index < -0.39 is 11.4 Å². The van der Waals surface area contributed by atoms with Crippen LogP contribution in [0.15, 0.2) is 0 Å². The molecule has 1 atom stereocenters. The zero-order valence-corrected chi connectivity index (χ0v) is 11.9. The summed E-state index contributed by atoms with van der Waals surface area (Å²) in [5, 5.41) is 9.44. The Morgan fingerprint density at radius 2 is 1.89 bits per heavy atom. The van der Waals surface area contributed by atoms with Gasteiger partial charge in [-0.05, 0) is 26.8 Å². The maximum absolute atomic E-state index is 12.4. The van der Waals surface area contributed by atoms with Gasteiger partial charge in [-0.15, -0.1) is 0 Å². The van der Waals surface area contributed by atoms with E-state index >= 15 is 0 Å². The minimum atomic E-state index is -0.792. The number of carbonyl (C=O) groups excluding carboxylic acids is 1. The number of likely N-dealkylation sites (N-methyl/N-ethyl adjacent to an activating group) is 1. The molecule has 0 spiro atoms. The topological polar surface area (TPSA) is 60.9 Å². The second-order valence-corrected chi connectivity index (χ2v) is 6.17. The van der Waals surface area contributed by atoms with Crippen molar-refractivity contribution in [1.29, 1.82) is 0 Å². The lowest BCUT2D eigenvalue weighted by molar-refractivity contribution is -0.154. The number of amides is 1. The molecule has 1 saturated heterocycles. The lowest BCUT2D eigenvalue weighted by Crippen LogP contribution is -2.53. The van der Waals surface area contributed by atoms with Crippen LogP contribution in [0.25, 0.3) is 0 Å². The Balaban J connectivity index is 2.02. The Bertz CT molecular complexity index is 364. The summed E-state index contributed by atoms with van der Waals surface area (Å²) >= 11 is 0. The molecule has 1 N–H and O–H groups in total. The van der Waals surface area contributed by atoms with E-state index in [1.807, 2.05) is 18.9 Å². The molecule has 2 aliphatic rings. The molecule has 1 aliphatic heterocycles. The van der Waals surface area contributed by atoms with Gasteiger partial charge in [-0.1, -0.05) is 12.8 Å². The molecule has 0 bridgehead atoms. The molecule has 1 aliphatic carbocycles. The first-order valence-corrected chi connectivity index (χ1v) is 7.16. The van der Waals surface area contributed by atoms with Crippen LogP contribution in [0.5, 0.6) is 0 Å². The second kappa shape index (κ2) is 5.49. The van der Waals surface area contributed by atoms with E-state index in [1.165, 1.54) is 0 Å². The molecule has 5 nitrogen and oxygen atoms in total. The molecule has 2 fully saturated rings. The molecule has 1 heterocycles. The lowest BCUT2D eigenvalue weighted by Gasteiger charge is -2.39. The summed E-state index contributed by atoms with van der Waals surface area (Å²) in [6.45, 7) is 4.49. The first-order valence-electron chi connectivity index (χ1n) is 7.16. The molecular weight excluding hydrogens is 244 g/mol. The minimum Gasteiger partial charge on any atom is -0.481 e. The van der Waals surface area contributed by atoms with E-state index in [9.17, 15) is 14.7 Å². The van der Waals surface area contributed by atoms with Crippen LogP contribution in [0.2, 0.25) is 0 Å². The summed E-state index contributed by atoms with van der Waals surface area (Å²) in [6.07, 6.45) is 3.33. The van der Waals surface area contributed by atoms with Gasteiger partial charge in [0, 0.05) is 32.1 Å². The molecule has 5 heteroatoms. The van der Waals surface area contributed by atoms with Crippen LogP contribution < -0.4 is 0 Å². The van der Waals surface area contributed by atoms with Crippen molar-refractivity contribution in [3.63, 3.8) is 0 Å². The number of piperazine rings is 1. The Kier molecular flexibility index (Phi) is 4.13. The van der Waals surface area contributed by atoms with Gasteiger partial charge in [-0.3, -0.25) is 9.59 Å². The third-order valence-corrected chi connectivity index (χ3v) is 4.65. The molecular formula is C14H24N2O3. The van der Waals surface area contributed by atoms with Crippen molar-refractivity contribution in [1.82, 2.24) is 9.80 Å². The lowest BCUT2D eigenvalue weighted by atomic mass is 9.82. The molecule has 1 saturated carbocycles. The maximum atomic E-state index is 12.4. The van der Waals surface area contributed by atoms with Crippen LogP contribution in [0, 0.1) is 5.41 Å². The van der Waals surface area contributed by atoms with Crippen LogP contribution in [-0.4, -0.2) is 59.5 Å². The standard InChI is InChI=1S/C14H24N2O3/c1-11-10-15(2)7-8-16(11)12(17)9-14(13(18)19)5-3-4-6-14/h11H,3-10H2,1-2H3,(H,18,19). The largest absolute Gasteiger partial charge is 0.481 e. The third kappa shape index (κ3) is 2.91. The highest BCUT2D eigenvalue weighted by molar-refractivity contribution is 5.85.